The Morgan fingerprint density at radius 1 is 0.853 bits per heavy atom. The molecule has 0 bridgehead atoms. The fourth-order valence-corrected chi connectivity index (χ4v) is 4.01. The van der Waals surface area contributed by atoms with Crippen LogP contribution in [0.1, 0.15) is 16.8 Å². The Hall–Kier alpha value is -4.32. The molecule has 6 nitrogen and oxygen atoms in total. The maximum absolute atomic E-state index is 12.5. The van der Waals surface area contributed by atoms with Crippen molar-refractivity contribution in [1.82, 2.24) is 4.98 Å². The van der Waals surface area contributed by atoms with Crippen molar-refractivity contribution >= 4 is 28.0 Å². The van der Waals surface area contributed by atoms with Crippen LogP contribution in [0.15, 0.2) is 78.9 Å². The third-order valence-electron chi connectivity index (χ3n) is 5.77. The normalized spacial score (nSPS) is 13.2. The Bertz CT molecular complexity index is 1390. The van der Waals surface area contributed by atoms with Gasteiger partial charge in [0.15, 0.2) is 11.5 Å². The molecule has 0 aliphatic carbocycles. The van der Waals surface area contributed by atoms with E-state index in [1.807, 2.05) is 66.7 Å². The number of cyclic esters (lactones) is 1. The number of hydrogen-bond donors (Lipinski definition) is 0. The number of nitrogens with zero attached hydrogens (tertiary/aromatic N) is 1. The number of esters is 1. The molecule has 1 aliphatic rings. The summed E-state index contributed by atoms with van der Waals surface area (Å²) in [5.74, 6) is 1.52. The third kappa shape index (κ3) is 4.18. The van der Waals surface area contributed by atoms with Gasteiger partial charge in [-0.25, -0.2) is 9.78 Å². The monoisotopic (exact) mass is 453 g/mol. The molecular formula is C28H23NO5. The zero-order valence-electron chi connectivity index (χ0n) is 18.9. The van der Waals surface area contributed by atoms with Gasteiger partial charge in [0.05, 0.1) is 31.0 Å². The molecule has 3 aromatic carbocycles. The van der Waals surface area contributed by atoms with Gasteiger partial charge in [-0.05, 0) is 47.5 Å². The van der Waals surface area contributed by atoms with E-state index >= 15 is 0 Å². The first-order chi connectivity index (χ1) is 16.7. The van der Waals surface area contributed by atoms with Gasteiger partial charge in [-0.2, -0.15) is 0 Å². The molecule has 0 amide bonds. The number of benzene rings is 3. The Labute approximate surface area is 197 Å². The molecule has 0 saturated carbocycles. The fraction of sp³-hybridized carbons (Fsp3) is 0.143. The highest BCUT2D eigenvalue weighted by molar-refractivity contribution is 6.27. The molecule has 1 aromatic heterocycles. The Balaban J connectivity index is 1.37. The maximum Gasteiger partial charge on any atom is 0.339 e. The SMILES string of the molecule is COc1ccc(C2=C(c3ccc(OCc4ccc5ccccc5n4)cc3)COC2=O)cc1OC. The number of aromatic nitrogens is 1. The van der Waals surface area contributed by atoms with Gasteiger partial charge in [-0.1, -0.05) is 42.5 Å². The molecule has 5 rings (SSSR count). The predicted octanol–water partition coefficient (Wildman–Crippen LogP) is 5.30. The second-order valence-corrected chi connectivity index (χ2v) is 7.81. The average molecular weight is 453 g/mol. The highest BCUT2D eigenvalue weighted by Crippen LogP contribution is 2.37. The number of hydrogen-bond acceptors (Lipinski definition) is 6. The lowest BCUT2D eigenvalue weighted by molar-refractivity contribution is -0.133. The van der Waals surface area contributed by atoms with Gasteiger partial charge in [0, 0.05) is 11.0 Å². The van der Waals surface area contributed by atoms with E-state index in [9.17, 15) is 4.79 Å². The number of ether oxygens (including phenoxy) is 4. The van der Waals surface area contributed by atoms with Crippen molar-refractivity contribution in [2.45, 2.75) is 6.61 Å². The summed E-state index contributed by atoms with van der Waals surface area (Å²) in [6, 6.07) is 25.0. The number of carbonyl (C=O) groups excluding carboxylic acids is 1. The van der Waals surface area contributed by atoms with Gasteiger partial charge in [-0.15, -0.1) is 0 Å². The molecule has 4 aromatic rings. The summed E-state index contributed by atoms with van der Waals surface area (Å²) in [7, 11) is 3.14. The van der Waals surface area contributed by atoms with Crippen LogP contribution in [0.4, 0.5) is 0 Å². The van der Waals surface area contributed by atoms with Crippen molar-refractivity contribution in [3.63, 3.8) is 0 Å². The van der Waals surface area contributed by atoms with E-state index in [2.05, 4.69) is 4.98 Å². The molecule has 1 aliphatic heterocycles. The number of rotatable bonds is 7. The zero-order chi connectivity index (χ0) is 23.5. The first-order valence-electron chi connectivity index (χ1n) is 10.9. The van der Waals surface area contributed by atoms with Crippen molar-refractivity contribution < 1.29 is 23.7 Å². The lowest BCUT2D eigenvalue weighted by atomic mass is 9.96. The number of pyridine rings is 1. The fourth-order valence-electron chi connectivity index (χ4n) is 4.01. The minimum atomic E-state index is -0.357. The van der Waals surface area contributed by atoms with Crippen LogP contribution in [0.2, 0.25) is 0 Å². The van der Waals surface area contributed by atoms with Gasteiger partial charge < -0.3 is 18.9 Å². The van der Waals surface area contributed by atoms with Crippen molar-refractivity contribution in [3.8, 4) is 17.2 Å². The van der Waals surface area contributed by atoms with Gasteiger partial charge in [0.25, 0.3) is 0 Å². The molecular weight excluding hydrogens is 430 g/mol. The highest BCUT2D eigenvalue weighted by Gasteiger charge is 2.28. The molecule has 0 unspecified atom stereocenters. The Kier molecular flexibility index (Phi) is 5.87. The first-order valence-corrected chi connectivity index (χ1v) is 10.9. The zero-order valence-corrected chi connectivity index (χ0v) is 18.9. The van der Waals surface area contributed by atoms with Gasteiger partial charge in [0.1, 0.15) is 19.0 Å². The second kappa shape index (κ2) is 9.27. The summed E-state index contributed by atoms with van der Waals surface area (Å²) < 4.78 is 22.0. The first kappa shape index (κ1) is 21.5. The van der Waals surface area contributed by atoms with E-state index in [0.717, 1.165) is 39.0 Å². The predicted molar refractivity (Wildman–Crippen MR) is 130 cm³/mol. The van der Waals surface area contributed by atoms with E-state index in [1.54, 1.807) is 26.4 Å². The van der Waals surface area contributed by atoms with Gasteiger partial charge in [-0.3, -0.25) is 0 Å². The van der Waals surface area contributed by atoms with Crippen LogP contribution in [0.5, 0.6) is 17.2 Å². The molecule has 0 N–H and O–H groups in total. The van der Waals surface area contributed by atoms with Crippen LogP contribution in [-0.4, -0.2) is 31.8 Å². The number of carbonyl (C=O) groups is 1. The van der Waals surface area contributed by atoms with Gasteiger partial charge in [0.2, 0.25) is 0 Å². The highest BCUT2D eigenvalue weighted by atomic mass is 16.5. The Morgan fingerprint density at radius 3 is 2.41 bits per heavy atom. The minimum absolute atomic E-state index is 0.212. The van der Waals surface area contributed by atoms with Crippen LogP contribution in [0, 0.1) is 0 Å². The van der Waals surface area contributed by atoms with Crippen molar-refractivity contribution in [2.75, 3.05) is 20.8 Å². The smallest absolute Gasteiger partial charge is 0.339 e. The molecule has 34 heavy (non-hydrogen) atoms. The molecule has 0 spiro atoms. The average Bonchev–Trinajstić information content (AvgIpc) is 3.28. The quantitative estimate of drug-likeness (QED) is 0.354. The van der Waals surface area contributed by atoms with E-state index in [1.165, 1.54) is 0 Å². The summed E-state index contributed by atoms with van der Waals surface area (Å²) in [4.78, 5) is 17.2. The van der Waals surface area contributed by atoms with Crippen molar-refractivity contribution in [3.05, 3.63) is 95.7 Å². The molecule has 0 atom stereocenters. The van der Waals surface area contributed by atoms with E-state index in [0.29, 0.717) is 23.7 Å². The summed E-state index contributed by atoms with van der Waals surface area (Å²) in [6.45, 7) is 0.578. The number of fused-ring (bicyclic) bond motifs is 1. The molecule has 170 valence electrons. The van der Waals surface area contributed by atoms with Crippen LogP contribution in [0.3, 0.4) is 0 Å². The maximum atomic E-state index is 12.5. The summed E-state index contributed by atoms with van der Waals surface area (Å²) in [5, 5.41) is 1.10. The largest absolute Gasteiger partial charge is 0.493 e. The van der Waals surface area contributed by atoms with E-state index in [-0.39, 0.29) is 12.6 Å². The topological polar surface area (TPSA) is 66.9 Å². The molecule has 0 saturated heterocycles. The lowest BCUT2D eigenvalue weighted by Gasteiger charge is -2.11. The molecule has 2 heterocycles. The van der Waals surface area contributed by atoms with Crippen LogP contribution < -0.4 is 14.2 Å². The standard InChI is InChI=1S/C28H23NO5/c1-31-25-14-10-20(15-26(25)32-2)27-23(17-34-28(27)30)18-8-12-22(13-9-18)33-16-21-11-7-19-5-3-4-6-24(19)29-21/h3-15H,16-17H2,1-2H3. The lowest BCUT2D eigenvalue weighted by Crippen LogP contribution is -2.00. The number of methoxy groups -OCH3 is 2. The van der Waals surface area contributed by atoms with Crippen LogP contribution in [0.25, 0.3) is 22.0 Å². The minimum Gasteiger partial charge on any atom is -0.493 e. The van der Waals surface area contributed by atoms with Crippen LogP contribution >= 0.6 is 0 Å². The van der Waals surface area contributed by atoms with Crippen LogP contribution in [-0.2, 0) is 16.1 Å². The van der Waals surface area contributed by atoms with E-state index < -0.39 is 0 Å². The number of para-hydroxylation sites is 1. The van der Waals surface area contributed by atoms with Crippen molar-refractivity contribution in [1.29, 1.82) is 0 Å². The molecule has 0 fully saturated rings. The molecule has 0 radical (unpaired) electrons. The van der Waals surface area contributed by atoms with E-state index in [4.69, 9.17) is 18.9 Å². The molecule has 6 heteroatoms. The van der Waals surface area contributed by atoms with Crippen molar-refractivity contribution in [2.24, 2.45) is 0 Å². The summed E-state index contributed by atoms with van der Waals surface area (Å²) in [5.41, 5.74) is 4.76. The summed E-state index contributed by atoms with van der Waals surface area (Å²) >= 11 is 0. The summed E-state index contributed by atoms with van der Waals surface area (Å²) in [6.07, 6.45) is 0. The Morgan fingerprint density at radius 2 is 1.62 bits per heavy atom. The third-order valence-corrected chi connectivity index (χ3v) is 5.77. The van der Waals surface area contributed by atoms with Gasteiger partial charge >= 0.3 is 5.97 Å². The second-order valence-electron chi connectivity index (χ2n) is 7.81.